The number of aromatic nitrogens is 2. The van der Waals surface area contributed by atoms with Crippen molar-refractivity contribution in [1.82, 2.24) is 9.78 Å². The first-order valence-electron chi connectivity index (χ1n) is 7.78. The van der Waals surface area contributed by atoms with Crippen LogP contribution in [0, 0.1) is 12.8 Å². The van der Waals surface area contributed by atoms with Gasteiger partial charge in [-0.2, -0.15) is 18.3 Å². The second-order valence-electron chi connectivity index (χ2n) is 6.12. The molecule has 1 aliphatic heterocycles. The van der Waals surface area contributed by atoms with Gasteiger partial charge in [0.25, 0.3) is 0 Å². The van der Waals surface area contributed by atoms with Gasteiger partial charge in [-0.1, -0.05) is 25.1 Å². The molecule has 1 aromatic heterocycles. The number of anilines is 1. The molecule has 4 nitrogen and oxygen atoms in total. The van der Waals surface area contributed by atoms with E-state index in [1.165, 1.54) is 4.68 Å². The average Bonchev–Trinajstić information content (AvgIpc) is 3.10. The summed E-state index contributed by atoms with van der Waals surface area (Å²) in [6, 6.07) is 8.70. The van der Waals surface area contributed by atoms with Crippen molar-refractivity contribution in [2.24, 2.45) is 5.92 Å². The largest absolute Gasteiger partial charge is 0.435 e. The molecule has 0 spiro atoms. The lowest BCUT2D eigenvalue weighted by atomic mass is 10.1. The molecular formula is C17H18F3N3O. The van der Waals surface area contributed by atoms with Crippen molar-refractivity contribution >= 4 is 11.6 Å². The molecule has 0 aliphatic carbocycles. The van der Waals surface area contributed by atoms with Crippen LogP contribution < -0.4 is 4.90 Å². The second kappa shape index (κ2) is 5.96. The number of fused-ring (bicyclic) bond motifs is 1. The highest BCUT2D eigenvalue weighted by atomic mass is 19.4. The summed E-state index contributed by atoms with van der Waals surface area (Å²) in [5.74, 6) is -0.556. The zero-order valence-electron chi connectivity index (χ0n) is 13.5. The number of hydrogen-bond donors (Lipinski definition) is 0. The number of alkyl halides is 3. The third kappa shape index (κ3) is 3.02. The van der Waals surface area contributed by atoms with Crippen molar-refractivity contribution in [1.29, 1.82) is 0 Å². The van der Waals surface area contributed by atoms with E-state index in [2.05, 4.69) is 5.10 Å². The molecule has 0 bridgehead atoms. The smallest absolute Gasteiger partial charge is 0.312 e. The maximum absolute atomic E-state index is 12.7. The molecule has 2 aromatic rings. The van der Waals surface area contributed by atoms with Crippen molar-refractivity contribution in [3.8, 4) is 0 Å². The second-order valence-corrected chi connectivity index (χ2v) is 6.12. The fraction of sp³-hybridized carbons (Fsp3) is 0.412. The van der Waals surface area contributed by atoms with Crippen LogP contribution in [0.4, 0.5) is 18.9 Å². The molecule has 0 radical (unpaired) electrons. The summed E-state index contributed by atoms with van der Waals surface area (Å²) >= 11 is 0. The number of carbonyl (C=O) groups excluding carboxylic acids is 1. The Morgan fingerprint density at radius 3 is 2.71 bits per heavy atom. The molecule has 1 aromatic carbocycles. The van der Waals surface area contributed by atoms with Crippen molar-refractivity contribution in [3.63, 3.8) is 0 Å². The van der Waals surface area contributed by atoms with E-state index in [4.69, 9.17) is 0 Å². The molecule has 0 saturated heterocycles. The molecule has 0 fully saturated rings. The van der Waals surface area contributed by atoms with Crippen LogP contribution >= 0.6 is 0 Å². The van der Waals surface area contributed by atoms with Crippen LogP contribution in [0.2, 0.25) is 0 Å². The summed E-state index contributed by atoms with van der Waals surface area (Å²) in [6.07, 6.45) is -3.68. The highest BCUT2D eigenvalue weighted by Gasteiger charge is 2.35. The normalized spacial score (nSPS) is 15.5. The standard InChI is InChI=1S/C17H18F3N3O/c1-11(10-23-12(2)9-15(21-23)17(18,19)20)16(24)22-8-7-13-5-3-4-6-14(13)22/h3-6,9,11H,7-8,10H2,1-2H3. The van der Waals surface area contributed by atoms with Gasteiger partial charge in [0.1, 0.15) is 0 Å². The minimum Gasteiger partial charge on any atom is -0.312 e. The topological polar surface area (TPSA) is 38.1 Å². The first-order valence-corrected chi connectivity index (χ1v) is 7.78. The van der Waals surface area contributed by atoms with Crippen molar-refractivity contribution in [2.75, 3.05) is 11.4 Å². The molecule has 128 valence electrons. The molecular weight excluding hydrogens is 319 g/mol. The van der Waals surface area contributed by atoms with Crippen molar-refractivity contribution < 1.29 is 18.0 Å². The van der Waals surface area contributed by atoms with Crippen LogP contribution in [-0.2, 0) is 23.9 Å². The summed E-state index contributed by atoms with van der Waals surface area (Å²) in [5.41, 5.74) is 1.48. The van der Waals surface area contributed by atoms with Crippen molar-refractivity contribution in [3.05, 3.63) is 47.3 Å². The molecule has 1 amide bonds. The zero-order valence-corrected chi connectivity index (χ0v) is 13.5. The Hall–Kier alpha value is -2.31. The highest BCUT2D eigenvalue weighted by molar-refractivity contribution is 5.96. The van der Waals surface area contributed by atoms with Gasteiger partial charge in [-0.25, -0.2) is 0 Å². The predicted molar refractivity (Wildman–Crippen MR) is 83.6 cm³/mol. The van der Waals surface area contributed by atoms with E-state index in [0.717, 1.165) is 23.7 Å². The lowest BCUT2D eigenvalue weighted by Crippen LogP contribution is -2.35. The van der Waals surface area contributed by atoms with Crippen LogP contribution in [0.5, 0.6) is 0 Å². The number of hydrogen-bond acceptors (Lipinski definition) is 2. The molecule has 1 atom stereocenters. The van der Waals surface area contributed by atoms with E-state index in [9.17, 15) is 18.0 Å². The Kier molecular flexibility index (Phi) is 4.11. The molecule has 3 rings (SSSR count). The van der Waals surface area contributed by atoms with Crippen LogP contribution in [0.3, 0.4) is 0 Å². The number of aryl methyl sites for hydroxylation is 1. The predicted octanol–water partition coefficient (Wildman–Crippen LogP) is 3.44. The number of para-hydroxylation sites is 1. The van der Waals surface area contributed by atoms with E-state index < -0.39 is 17.8 Å². The summed E-state index contributed by atoms with van der Waals surface area (Å²) in [6.45, 7) is 4.01. The third-order valence-corrected chi connectivity index (χ3v) is 4.29. The van der Waals surface area contributed by atoms with E-state index in [1.807, 2.05) is 24.3 Å². The molecule has 1 unspecified atom stereocenters. The van der Waals surface area contributed by atoms with Gasteiger partial charge >= 0.3 is 6.18 Å². The Labute approximate surface area is 137 Å². The van der Waals surface area contributed by atoms with Gasteiger partial charge in [0, 0.05) is 17.9 Å². The number of nitrogens with zero attached hydrogens (tertiary/aromatic N) is 3. The molecule has 0 saturated carbocycles. The lowest BCUT2D eigenvalue weighted by Gasteiger charge is -2.22. The lowest BCUT2D eigenvalue weighted by molar-refractivity contribution is -0.141. The first-order chi connectivity index (χ1) is 11.3. The van der Waals surface area contributed by atoms with Gasteiger partial charge in [0.15, 0.2) is 5.69 Å². The maximum atomic E-state index is 12.7. The summed E-state index contributed by atoms with van der Waals surface area (Å²) in [4.78, 5) is 14.4. The highest BCUT2D eigenvalue weighted by Crippen LogP contribution is 2.30. The summed E-state index contributed by atoms with van der Waals surface area (Å²) < 4.78 is 39.5. The van der Waals surface area contributed by atoms with Gasteiger partial charge in [-0.05, 0) is 31.0 Å². The van der Waals surface area contributed by atoms with E-state index >= 15 is 0 Å². The monoisotopic (exact) mass is 337 g/mol. The maximum Gasteiger partial charge on any atom is 0.435 e. The Morgan fingerprint density at radius 1 is 1.33 bits per heavy atom. The quantitative estimate of drug-likeness (QED) is 0.860. The fourth-order valence-electron chi connectivity index (χ4n) is 3.00. The number of carbonyl (C=O) groups is 1. The van der Waals surface area contributed by atoms with Gasteiger partial charge < -0.3 is 4.90 Å². The number of benzene rings is 1. The van der Waals surface area contributed by atoms with Crippen LogP contribution in [0.15, 0.2) is 30.3 Å². The SMILES string of the molecule is Cc1cc(C(F)(F)F)nn1CC(C)C(=O)N1CCc2ccccc21. The number of rotatable bonds is 3. The molecule has 2 heterocycles. The molecule has 24 heavy (non-hydrogen) atoms. The fourth-order valence-corrected chi connectivity index (χ4v) is 3.00. The van der Waals surface area contributed by atoms with Crippen LogP contribution in [-0.4, -0.2) is 22.2 Å². The number of halogens is 3. The van der Waals surface area contributed by atoms with Crippen LogP contribution in [0.1, 0.15) is 23.9 Å². The Balaban J connectivity index is 1.75. The van der Waals surface area contributed by atoms with Gasteiger partial charge in [0.05, 0.1) is 12.5 Å². The van der Waals surface area contributed by atoms with Gasteiger partial charge in [-0.15, -0.1) is 0 Å². The minimum absolute atomic E-state index is 0.0941. The van der Waals surface area contributed by atoms with E-state index in [1.54, 1.807) is 18.7 Å². The molecule has 7 heteroatoms. The third-order valence-electron chi connectivity index (χ3n) is 4.29. The molecule has 1 aliphatic rings. The minimum atomic E-state index is -4.48. The Bertz CT molecular complexity index is 767. The van der Waals surface area contributed by atoms with Crippen molar-refractivity contribution in [2.45, 2.75) is 33.0 Å². The zero-order chi connectivity index (χ0) is 17.5. The van der Waals surface area contributed by atoms with E-state index in [0.29, 0.717) is 12.2 Å². The van der Waals surface area contributed by atoms with Crippen LogP contribution in [0.25, 0.3) is 0 Å². The Morgan fingerprint density at radius 2 is 2.04 bits per heavy atom. The van der Waals surface area contributed by atoms with E-state index in [-0.39, 0.29) is 12.5 Å². The summed E-state index contributed by atoms with van der Waals surface area (Å²) in [7, 11) is 0. The van der Waals surface area contributed by atoms with Gasteiger partial charge in [0.2, 0.25) is 5.91 Å². The average molecular weight is 337 g/mol. The molecule has 0 N–H and O–H groups in total. The first kappa shape index (κ1) is 16.5. The van der Waals surface area contributed by atoms with Gasteiger partial charge in [-0.3, -0.25) is 9.48 Å². The number of amides is 1. The summed E-state index contributed by atoms with van der Waals surface area (Å²) in [5, 5.41) is 3.60.